The largest absolute Gasteiger partial charge is 0.496 e. The van der Waals surface area contributed by atoms with Crippen LogP contribution in [0.2, 0.25) is 0 Å². The van der Waals surface area contributed by atoms with Crippen molar-refractivity contribution >= 4 is 29.3 Å². The quantitative estimate of drug-likeness (QED) is 0.481. The van der Waals surface area contributed by atoms with Gasteiger partial charge in [-0.15, -0.1) is 10.2 Å². The van der Waals surface area contributed by atoms with Gasteiger partial charge < -0.3 is 19.9 Å². The van der Waals surface area contributed by atoms with E-state index in [0.29, 0.717) is 28.2 Å². The number of amides is 2. The van der Waals surface area contributed by atoms with E-state index in [0.717, 1.165) is 11.3 Å². The number of hydrogen-bond donors (Lipinski definition) is 2. The van der Waals surface area contributed by atoms with Gasteiger partial charge in [-0.1, -0.05) is 55.9 Å². The van der Waals surface area contributed by atoms with Gasteiger partial charge in [-0.05, 0) is 29.7 Å². The molecule has 0 aliphatic carbocycles. The molecule has 3 rings (SSSR count). The van der Waals surface area contributed by atoms with E-state index in [4.69, 9.17) is 4.74 Å². The average molecular weight is 454 g/mol. The molecule has 1 heterocycles. The topological polar surface area (TPSA) is 98.1 Å². The van der Waals surface area contributed by atoms with E-state index in [1.54, 1.807) is 35.9 Å². The Morgan fingerprint density at radius 1 is 1.09 bits per heavy atom. The highest BCUT2D eigenvalue weighted by atomic mass is 32.2. The van der Waals surface area contributed by atoms with E-state index in [1.165, 1.54) is 18.9 Å². The maximum Gasteiger partial charge on any atom is 0.255 e. The summed E-state index contributed by atoms with van der Waals surface area (Å²) >= 11 is 1.29. The molecule has 0 bridgehead atoms. The molecule has 0 spiro atoms. The number of benzene rings is 2. The van der Waals surface area contributed by atoms with Gasteiger partial charge >= 0.3 is 0 Å². The lowest BCUT2D eigenvalue weighted by Gasteiger charge is -2.13. The molecule has 0 aliphatic heterocycles. The predicted octanol–water partition coefficient (Wildman–Crippen LogP) is 3.61. The molecule has 0 saturated carbocycles. The van der Waals surface area contributed by atoms with Gasteiger partial charge in [0.15, 0.2) is 11.0 Å². The Kier molecular flexibility index (Phi) is 7.88. The number of nitrogens with one attached hydrogen (secondary N) is 2. The number of thioether (sulfide) groups is 1. The Balaban J connectivity index is 1.56. The van der Waals surface area contributed by atoms with E-state index in [2.05, 4.69) is 34.7 Å². The van der Waals surface area contributed by atoms with Gasteiger partial charge in [-0.3, -0.25) is 9.59 Å². The molecule has 0 aliphatic rings. The highest BCUT2D eigenvalue weighted by molar-refractivity contribution is 7.99. The monoisotopic (exact) mass is 453 g/mol. The number of rotatable bonds is 9. The SMILES string of the molecule is COc1ccccc1C(=O)NCc1nnc(SCC(=O)Nc2ccccc2C(C)C)n1C. The number of anilines is 1. The number of hydrogen-bond acceptors (Lipinski definition) is 6. The van der Waals surface area contributed by atoms with Gasteiger partial charge in [0.25, 0.3) is 5.91 Å². The number of carbonyl (C=O) groups excluding carboxylic acids is 2. The molecule has 8 nitrogen and oxygen atoms in total. The standard InChI is InChI=1S/C23H27N5O3S/c1-15(2)16-9-5-7-11-18(16)25-21(29)14-32-23-27-26-20(28(23)3)13-24-22(30)17-10-6-8-12-19(17)31-4/h5-12,15H,13-14H2,1-4H3,(H,24,30)(H,25,29). The molecule has 0 fully saturated rings. The molecule has 3 aromatic rings. The minimum absolute atomic E-state index is 0.114. The zero-order chi connectivity index (χ0) is 23.1. The maximum atomic E-state index is 12.5. The highest BCUT2D eigenvalue weighted by Gasteiger charge is 2.15. The summed E-state index contributed by atoms with van der Waals surface area (Å²) in [5, 5.41) is 14.7. The van der Waals surface area contributed by atoms with Crippen molar-refractivity contribution in [1.82, 2.24) is 20.1 Å². The maximum absolute atomic E-state index is 12.5. The Hall–Kier alpha value is -3.33. The molecule has 32 heavy (non-hydrogen) atoms. The number of aromatic nitrogens is 3. The number of methoxy groups -OCH3 is 1. The number of carbonyl (C=O) groups is 2. The molecule has 2 amide bonds. The van der Waals surface area contributed by atoms with Crippen molar-refractivity contribution < 1.29 is 14.3 Å². The normalized spacial score (nSPS) is 10.8. The van der Waals surface area contributed by atoms with Crippen molar-refractivity contribution in [3.8, 4) is 5.75 Å². The van der Waals surface area contributed by atoms with Crippen LogP contribution in [0.25, 0.3) is 0 Å². The lowest BCUT2D eigenvalue weighted by atomic mass is 10.0. The molecule has 9 heteroatoms. The first kappa shape index (κ1) is 23.3. The highest BCUT2D eigenvalue weighted by Crippen LogP contribution is 2.24. The minimum Gasteiger partial charge on any atom is -0.496 e. The lowest BCUT2D eigenvalue weighted by Crippen LogP contribution is -2.25. The Labute approximate surface area is 191 Å². The second kappa shape index (κ2) is 10.8. The molecule has 168 valence electrons. The Bertz CT molecular complexity index is 1100. The van der Waals surface area contributed by atoms with Crippen molar-refractivity contribution in [2.45, 2.75) is 31.5 Å². The van der Waals surface area contributed by atoms with E-state index in [-0.39, 0.29) is 24.1 Å². The smallest absolute Gasteiger partial charge is 0.255 e. The van der Waals surface area contributed by atoms with E-state index < -0.39 is 0 Å². The summed E-state index contributed by atoms with van der Waals surface area (Å²) in [6.45, 7) is 4.38. The molecule has 0 radical (unpaired) electrons. The van der Waals surface area contributed by atoms with Crippen molar-refractivity contribution in [2.24, 2.45) is 7.05 Å². The fourth-order valence-electron chi connectivity index (χ4n) is 3.14. The average Bonchev–Trinajstić information content (AvgIpc) is 3.15. The van der Waals surface area contributed by atoms with Crippen molar-refractivity contribution in [2.75, 3.05) is 18.2 Å². The van der Waals surface area contributed by atoms with Crippen LogP contribution < -0.4 is 15.4 Å². The first-order valence-electron chi connectivity index (χ1n) is 10.2. The third-order valence-corrected chi connectivity index (χ3v) is 5.89. The zero-order valence-electron chi connectivity index (χ0n) is 18.6. The van der Waals surface area contributed by atoms with Crippen LogP contribution in [-0.4, -0.2) is 39.4 Å². The number of ether oxygens (including phenoxy) is 1. The van der Waals surface area contributed by atoms with Gasteiger partial charge in [0.2, 0.25) is 5.91 Å². The van der Waals surface area contributed by atoms with Crippen LogP contribution in [0.3, 0.4) is 0 Å². The Morgan fingerprint density at radius 2 is 1.81 bits per heavy atom. The van der Waals surface area contributed by atoms with Gasteiger partial charge in [0.1, 0.15) is 5.75 Å². The molecule has 0 atom stereocenters. The van der Waals surface area contributed by atoms with Crippen LogP contribution in [-0.2, 0) is 18.4 Å². The van der Waals surface area contributed by atoms with Gasteiger partial charge in [0.05, 0.1) is 25.0 Å². The van der Waals surface area contributed by atoms with Crippen molar-refractivity contribution in [3.05, 3.63) is 65.5 Å². The van der Waals surface area contributed by atoms with E-state index in [9.17, 15) is 9.59 Å². The summed E-state index contributed by atoms with van der Waals surface area (Å²) in [4.78, 5) is 24.9. The molecule has 0 saturated heterocycles. The predicted molar refractivity (Wildman–Crippen MR) is 125 cm³/mol. The third-order valence-electron chi connectivity index (χ3n) is 4.87. The summed E-state index contributed by atoms with van der Waals surface area (Å²) in [7, 11) is 3.33. The van der Waals surface area contributed by atoms with Crippen LogP contribution in [0, 0.1) is 0 Å². The van der Waals surface area contributed by atoms with Gasteiger partial charge in [0, 0.05) is 12.7 Å². The summed E-state index contributed by atoms with van der Waals surface area (Å²) in [5.41, 5.74) is 2.37. The number of para-hydroxylation sites is 2. The summed E-state index contributed by atoms with van der Waals surface area (Å²) in [6.07, 6.45) is 0. The Morgan fingerprint density at radius 3 is 2.56 bits per heavy atom. The molecular weight excluding hydrogens is 426 g/mol. The lowest BCUT2D eigenvalue weighted by molar-refractivity contribution is -0.113. The first-order chi connectivity index (χ1) is 15.4. The zero-order valence-corrected chi connectivity index (χ0v) is 19.4. The second-order valence-electron chi connectivity index (χ2n) is 7.42. The number of nitrogens with zero attached hydrogens (tertiary/aromatic N) is 3. The van der Waals surface area contributed by atoms with Crippen molar-refractivity contribution in [1.29, 1.82) is 0 Å². The van der Waals surface area contributed by atoms with Crippen LogP contribution in [0.5, 0.6) is 5.75 Å². The summed E-state index contributed by atoms with van der Waals surface area (Å²) < 4.78 is 6.99. The molecular formula is C23H27N5O3S. The first-order valence-corrected chi connectivity index (χ1v) is 11.2. The van der Waals surface area contributed by atoms with Crippen molar-refractivity contribution in [3.63, 3.8) is 0 Å². The summed E-state index contributed by atoms with van der Waals surface area (Å²) in [5.74, 6) is 1.23. The summed E-state index contributed by atoms with van der Waals surface area (Å²) in [6, 6.07) is 14.8. The minimum atomic E-state index is -0.261. The second-order valence-corrected chi connectivity index (χ2v) is 8.36. The van der Waals surface area contributed by atoms with Gasteiger partial charge in [-0.2, -0.15) is 0 Å². The van der Waals surface area contributed by atoms with E-state index >= 15 is 0 Å². The fraction of sp³-hybridized carbons (Fsp3) is 0.304. The molecule has 2 aromatic carbocycles. The fourth-order valence-corrected chi connectivity index (χ4v) is 3.87. The van der Waals surface area contributed by atoms with E-state index in [1.807, 2.05) is 24.3 Å². The molecule has 0 unspecified atom stereocenters. The van der Waals surface area contributed by atoms with Crippen LogP contribution in [0.4, 0.5) is 5.69 Å². The van der Waals surface area contributed by atoms with Gasteiger partial charge in [-0.25, -0.2) is 0 Å². The molecule has 1 aromatic heterocycles. The van der Waals surface area contributed by atoms with Crippen LogP contribution in [0.1, 0.15) is 41.5 Å². The molecule has 2 N–H and O–H groups in total. The van der Waals surface area contributed by atoms with Crippen LogP contribution >= 0.6 is 11.8 Å². The van der Waals surface area contributed by atoms with Crippen LogP contribution in [0.15, 0.2) is 53.7 Å². The third kappa shape index (κ3) is 5.67.